The molecule has 2 N–H and O–H groups in total. The van der Waals surface area contributed by atoms with Gasteiger partial charge in [0.05, 0.1) is 11.9 Å². The van der Waals surface area contributed by atoms with E-state index in [4.69, 9.17) is 0 Å². The molecule has 0 unspecified atom stereocenters. The molecule has 23 heavy (non-hydrogen) atoms. The quantitative estimate of drug-likeness (QED) is 0.716. The van der Waals surface area contributed by atoms with Crippen LogP contribution in [0.1, 0.15) is 11.1 Å². The Morgan fingerprint density at radius 3 is 2.39 bits per heavy atom. The first-order valence-electron chi connectivity index (χ1n) is 7.79. The van der Waals surface area contributed by atoms with Crippen molar-refractivity contribution in [2.75, 3.05) is 17.7 Å². The lowest BCUT2D eigenvalue weighted by Crippen LogP contribution is -2.03. The van der Waals surface area contributed by atoms with Crippen LogP contribution in [0, 0.1) is 6.92 Å². The van der Waals surface area contributed by atoms with Gasteiger partial charge >= 0.3 is 0 Å². The molecule has 0 bridgehead atoms. The van der Waals surface area contributed by atoms with E-state index in [9.17, 15) is 0 Å². The second kappa shape index (κ2) is 6.97. The highest BCUT2D eigenvalue weighted by Crippen LogP contribution is 2.31. The average Bonchev–Trinajstić information content (AvgIpc) is 2.61. The summed E-state index contributed by atoms with van der Waals surface area (Å²) in [5.74, 6) is 0.881. The number of hydrogen-bond donors (Lipinski definition) is 2. The smallest absolute Gasteiger partial charge is 0.126 e. The minimum atomic E-state index is 0.764. The minimum absolute atomic E-state index is 0.764. The van der Waals surface area contributed by atoms with E-state index in [1.54, 1.807) is 0 Å². The van der Waals surface area contributed by atoms with Gasteiger partial charge in [-0.15, -0.1) is 0 Å². The molecule has 0 atom stereocenters. The van der Waals surface area contributed by atoms with Gasteiger partial charge in [-0.3, -0.25) is 0 Å². The Bertz CT molecular complexity index is 782. The zero-order valence-corrected chi connectivity index (χ0v) is 13.5. The third-order valence-corrected chi connectivity index (χ3v) is 3.92. The third kappa shape index (κ3) is 3.51. The number of rotatable bonds is 5. The fourth-order valence-electron chi connectivity index (χ4n) is 2.64. The summed E-state index contributed by atoms with van der Waals surface area (Å²) >= 11 is 0. The molecule has 0 fully saturated rings. The first-order valence-corrected chi connectivity index (χ1v) is 7.79. The first kappa shape index (κ1) is 15.1. The Balaban J connectivity index is 1.89. The monoisotopic (exact) mass is 303 g/mol. The summed E-state index contributed by atoms with van der Waals surface area (Å²) in [7, 11) is 1.93. The lowest BCUT2D eigenvalue weighted by Gasteiger charge is -2.14. The van der Waals surface area contributed by atoms with E-state index >= 15 is 0 Å². The van der Waals surface area contributed by atoms with Crippen LogP contribution in [0.3, 0.4) is 0 Å². The van der Waals surface area contributed by atoms with E-state index < -0.39 is 0 Å². The maximum atomic E-state index is 4.51. The maximum Gasteiger partial charge on any atom is 0.126 e. The van der Waals surface area contributed by atoms with Crippen molar-refractivity contribution in [3.8, 4) is 11.1 Å². The number of anilines is 2. The zero-order chi connectivity index (χ0) is 16.1. The molecule has 0 spiro atoms. The van der Waals surface area contributed by atoms with Crippen molar-refractivity contribution in [1.29, 1.82) is 0 Å². The highest BCUT2D eigenvalue weighted by Gasteiger charge is 2.08. The molecule has 0 aliphatic carbocycles. The van der Waals surface area contributed by atoms with Crippen molar-refractivity contribution in [2.45, 2.75) is 13.5 Å². The van der Waals surface area contributed by atoms with Gasteiger partial charge in [-0.05, 0) is 29.7 Å². The van der Waals surface area contributed by atoms with Crippen LogP contribution in [0.25, 0.3) is 11.1 Å². The summed E-state index contributed by atoms with van der Waals surface area (Å²) in [6.07, 6.45) is 1.88. The average molecular weight is 303 g/mol. The molecule has 0 radical (unpaired) electrons. The topological polar surface area (TPSA) is 37.0 Å². The fraction of sp³-hybridized carbons (Fsp3) is 0.150. The summed E-state index contributed by atoms with van der Waals surface area (Å²) in [5.41, 5.74) is 5.91. The maximum absolute atomic E-state index is 4.51. The van der Waals surface area contributed by atoms with E-state index in [0.29, 0.717) is 0 Å². The van der Waals surface area contributed by atoms with Gasteiger partial charge in [-0.25, -0.2) is 4.98 Å². The highest BCUT2D eigenvalue weighted by molar-refractivity contribution is 5.81. The lowest BCUT2D eigenvalue weighted by atomic mass is 10.00. The van der Waals surface area contributed by atoms with Gasteiger partial charge in [0.1, 0.15) is 5.82 Å². The van der Waals surface area contributed by atoms with E-state index in [2.05, 4.69) is 65.0 Å². The molecule has 116 valence electrons. The summed E-state index contributed by atoms with van der Waals surface area (Å²) in [4.78, 5) is 4.51. The van der Waals surface area contributed by atoms with Gasteiger partial charge in [0.25, 0.3) is 0 Å². The first-order chi connectivity index (χ1) is 11.3. The fourth-order valence-corrected chi connectivity index (χ4v) is 2.64. The van der Waals surface area contributed by atoms with Crippen LogP contribution in [0.4, 0.5) is 11.5 Å². The number of aryl methyl sites for hydroxylation is 1. The molecule has 0 saturated heterocycles. The molecule has 2 aromatic carbocycles. The Kier molecular flexibility index (Phi) is 4.57. The zero-order valence-electron chi connectivity index (χ0n) is 13.5. The van der Waals surface area contributed by atoms with E-state index in [1.807, 2.05) is 31.4 Å². The minimum Gasteiger partial charge on any atom is -0.386 e. The van der Waals surface area contributed by atoms with Crippen molar-refractivity contribution in [3.63, 3.8) is 0 Å². The number of benzene rings is 2. The Morgan fingerprint density at radius 2 is 1.65 bits per heavy atom. The predicted octanol–water partition coefficient (Wildman–Crippen LogP) is 4.71. The van der Waals surface area contributed by atoms with E-state index in [-0.39, 0.29) is 0 Å². The third-order valence-electron chi connectivity index (χ3n) is 3.92. The van der Waals surface area contributed by atoms with Crippen molar-refractivity contribution < 1.29 is 0 Å². The molecule has 3 rings (SSSR count). The SMILES string of the molecule is CNc1cnc(NCc2ccccc2)cc1-c1ccccc1C. The second-order valence-electron chi connectivity index (χ2n) is 5.52. The highest BCUT2D eigenvalue weighted by atomic mass is 15.0. The largest absolute Gasteiger partial charge is 0.386 e. The molecule has 0 amide bonds. The number of nitrogens with one attached hydrogen (secondary N) is 2. The van der Waals surface area contributed by atoms with Crippen molar-refractivity contribution in [2.24, 2.45) is 0 Å². The Hall–Kier alpha value is -2.81. The molecule has 0 aliphatic rings. The van der Waals surface area contributed by atoms with Crippen LogP contribution < -0.4 is 10.6 Å². The van der Waals surface area contributed by atoms with Crippen LogP contribution in [-0.4, -0.2) is 12.0 Å². The summed E-state index contributed by atoms with van der Waals surface area (Å²) in [6.45, 7) is 2.90. The van der Waals surface area contributed by atoms with Crippen molar-refractivity contribution in [1.82, 2.24) is 4.98 Å². The van der Waals surface area contributed by atoms with E-state index in [1.165, 1.54) is 16.7 Å². The molecule has 3 aromatic rings. The molecule has 0 aliphatic heterocycles. The van der Waals surface area contributed by atoms with Gasteiger partial charge < -0.3 is 10.6 Å². The van der Waals surface area contributed by atoms with E-state index in [0.717, 1.165) is 23.6 Å². The van der Waals surface area contributed by atoms with Crippen LogP contribution in [0.2, 0.25) is 0 Å². The van der Waals surface area contributed by atoms with Crippen LogP contribution in [0.15, 0.2) is 66.9 Å². The summed E-state index contributed by atoms with van der Waals surface area (Å²) in [6, 6.07) is 20.9. The van der Waals surface area contributed by atoms with Gasteiger partial charge in [0, 0.05) is 19.2 Å². The van der Waals surface area contributed by atoms with Gasteiger partial charge in [-0.1, -0.05) is 54.6 Å². The normalized spacial score (nSPS) is 10.3. The number of aromatic nitrogens is 1. The predicted molar refractivity (Wildman–Crippen MR) is 97.7 cm³/mol. The number of pyridine rings is 1. The van der Waals surface area contributed by atoms with Crippen molar-refractivity contribution in [3.05, 3.63) is 78.0 Å². The van der Waals surface area contributed by atoms with Gasteiger partial charge in [0.2, 0.25) is 0 Å². The summed E-state index contributed by atoms with van der Waals surface area (Å²) in [5, 5.41) is 6.63. The summed E-state index contributed by atoms with van der Waals surface area (Å²) < 4.78 is 0. The Labute approximate surface area is 137 Å². The van der Waals surface area contributed by atoms with Crippen molar-refractivity contribution >= 4 is 11.5 Å². The van der Waals surface area contributed by atoms with Gasteiger partial charge in [0.15, 0.2) is 0 Å². The molecule has 1 aromatic heterocycles. The molecular formula is C20H21N3. The molecule has 3 heteroatoms. The standard InChI is InChI=1S/C20H21N3/c1-15-8-6-7-11-17(15)18-12-20(23-14-19(18)21-2)22-13-16-9-4-3-5-10-16/h3-12,14,21H,13H2,1-2H3,(H,22,23). The van der Waals surface area contributed by atoms with Crippen LogP contribution >= 0.6 is 0 Å². The Morgan fingerprint density at radius 1 is 0.913 bits per heavy atom. The second-order valence-corrected chi connectivity index (χ2v) is 5.52. The molecular weight excluding hydrogens is 282 g/mol. The molecule has 0 saturated carbocycles. The number of nitrogens with zero attached hydrogens (tertiary/aromatic N) is 1. The molecule has 1 heterocycles. The molecule has 3 nitrogen and oxygen atoms in total. The number of hydrogen-bond acceptors (Lipinski definition) is 3. The van der Waals surface area contributed by atoms with Crippen LogP contribution in [0.5, 0.6) is 0 Å². The van der Waals surface area contributed by atoms with Gasteiger partial charge in [-0.2, -0.15) is 0 Å². The lowest BCUT2D eigenvalue weighted by molar-refractivity contribution is 1.11. The van der Waals surface area contributed by atoms with Crippen LogP contribution in [-0.2, 0) is 6.54 Å².